The summed E-state index contributed by atoms with van der Waals surface area (Å²) in [6, 6.07) is 19.2. The van der Waals surface area contributed by atoms with E-state index in [4.69, 9.17) is 14.5 Å². The van der Waals surface area contributed by atoms with Crippen LogP contribution in [0.3, 0.4) is 0 Å². The first-order valence-corrected chi connectivity index (χ1v) is 15.3. The predicted molar refractivity (Wildman–Crippen MR) is 163 cm³/mol. The summed E-state index contributed by atoms with van der Waals surface area (Å²) >= 11 is 2.97. The van der Waals surface area contributed by atoms with Gasteiger partial charge in [0.05, 0.1) is 28.0 Å². The van der Waals surface area contributed by atoms with Crippen molar-refractivity contribution in [1.82, 2.24) is 4.98 Å². The first-order valence-electron chi connectivity index (χ1n) is 13.7. The van der Waals surface area contributed by atoms with E-state index in [1.807, 2.05) is 48.5 Å². The first-order chi connectivity index (χ1) is 20.0. The van der Waals surface area contributed by atoms with Crippen LogP contribution in [0.1, 0.15) is 57.3 Å². The number of para-hydroxylation sites is 1. The maximum atomic E-state index is 13.3. The van der Waals surface area contributed by atoms with Gasteiger partial charge in [-0.05, 0) is 61.8 Å². The molecule has 41 heavy (non-hydrogen) atoms. The second-order valence-corrected chi connectivity index (χ2v) is 11.9. The van der Waals surface area contributed by atoms with Gasteiger partial charge in [0.1, 0.15) is 10.0 Å². The Labute approximate surface area is 245 Å². The van der Waals surface area contributed by atoms with Crippen molar-refractivity contribution >= 4 is 66.5 Å². The molecule has 1 amide bonds. The Morgan fingerprint density at radius 1 is 0.878 bits per heavy atom. The van der Waals surface area contributed by atoms with Gasteiger partial charge in [0, 0.05) is 15.8 Å². The van der Waals surface area contributed by atoms with Crippen LogP contribution in [0.25, 0.3) is 31.6 Å². The molecule has 2 heterocycles. The van der Waals surface area contributed by atoms with Crippen molar-refractivity contribution in [2.75, 3.05) is 18.5 Å². The first kappa shape index (κ1) is 27.1. The Morgan fingerprint density at radius 2 is 1.68 bits per heavy atom. The number of amides is 1. The number of hydrogen-bond donors (Lipinski definition) is 1. The van der Waals surface area contributed by atoms with Crippen molar-refractivity contribution in [2.24, 2.45) is 0 Å². The van der Waals surface area contributed by atoms with Gasteiger partial charge < -0.3 is 14.8 Å². The SMILES string of the molecule is CCOC(=O)c1c(NC(=O)COC(=O)c2cccc3cccc(-c4nc5ccccc5s4)c23)sc2c1CCCCC2. The highest BCUT2D eigenvalue weighted by Crippen LogP contribution is 2.39. The highest BCUT2D eigenvalue weighted by Gasteiger charge is 2.27. The van der Waals surface area contributed by atoms with Crippen molar-refractivity contribution in [3.8, 4) is 10.6 Å². The Kier molecular flexibility index (Phi) is 7.80. The van der Waals surface area contributed by atoms with Crippen LogP contribution in [0, 0.1) is 0 Å². The van der Waals surface area contributed by atoms with Gasteiger partial charge in [-0.15, -0.1) is 22.7 Å². The third-order valence-electron chi connectivity index (χ3n) is 7.14. The van der Waals surface area contributed by atoms with Crippen LogP contribution >= 0.6 is 22.7 Å². The predicted octanol–water partition coefficient (Wildman–Crippen LogP) is 7.42. The molecule has 0 saturated heterocycles. The summed E-state index contributed by atoms with van der Waals surface area (Å²) in [5.74, 6) is -1.55. The molecule has 3 aromatic carbocycles. The van der Waals surface area contributed by atoms with E-state index in [0.717, 1.165) is 74.1 Å². The molecule has 0 spiro atoms. The summed E-state index contributed by atoms with van der Waals surface area (Å²) < 4.78 is 11.9. The van der Waals surface area contributed by atoms with Gasteiger partial charge in [0.2, 0.25) is 0 Å². The zero-order valence-corrected chi connectivity index (χ0v) is 24.2. The molecular formula is C32H28N2O5S2. The lowest BCUT2D eigenvalue weighted by molar-refractivity contribution is -0.119. The largest absolute Gasteiger partial charge is 0.462 e. The average Bonchev–Trinajstić information content (AvgIpc) is 3.48. The van der Waals surface area contributed by atoms with Crippen LogP contribution in [0.5, 0.6) is 0 Å². The van der Waals surface area contributed by atoms with Crippen LogP contribution in [0.4, 0.5) is 5.00 Å². The quantitative estimate of drug-likeness (QED) is 0.158. The fraction of sp³-hybridized carbons (Fsp3) is 0.250. The smallest absolute Gasteiger partial charge is 0.341 e. The normalized spacial score (nSPS) is 13.0. The minimum absolute atomic E-state index is 0.249. The molecule has 2 aromatic heterocycles. The molecule has 9 heteroatoms. The molecular weight excluding hydrogens is 556 g/mol. The number of rotatable bonds is 7. The molecule has 0 saturated carbocycles. The molecule has 0 unspecified atom stereocenters. The number of carbonyl (C=O) groups excluding carboxylic acids is 3. The van der Waals surface area contributed by atoms with Crippen LogP contribution in [-0.2, 0) is 27.1 Å². The van der Waals surface area contributed by atoms with Gasteiger partial charge in [-0.2, -0.15) is 0 Å². The van der Waals surface area contributed by atoms with E-state index in [9.17, 15) is 14.4 Å². The Hall–Kier alpha value is -4.08. The van der Waals surface area contributed by atoms with E-state index in [1.54, 1.807) is 30.4 Å². The molecule has 5 aromatic rings. The summed E-state index contributed by atoms with van der Waals surface area (Å²) in [7, 11) is 0. The molecule has 1 N–H and O–H groups in total. The molecule has 7 nitrogen and oxygen atoms in total. The van der Waals surface area contributed by atoms with Crippen molar-refractivity contribution in [3.63, 3.8) is 0 Å². The Morgan fingerprint density at radius 3 is 2.51 bits per heavy atom. The van der Waals surface area contributed by atoms with E-state index in [-0.39, 0.29) is 6.61 Å². The number of thiazole rings is 1. The molecule has 208 valence electrons. The number of fused-ring (bicyclic) bond motifs is 3. The summed E-state index contributed by atoms with van der Waals surface area (Å²) in [6.45, 7) is 1.53. The summed E-state index contributed by atoms with van der Waals surface area (Å²) in [5.41, 5.74) is 3.49. The number of benzene rings is 3. The number of aryl methyl sites for hydroxylation is 1. The van der Waals surface area contributed by atoms with E-state index < -0.39 is 24.5 Å². The molecule has 0 bridgehead atoms. The third-order valence-corrected chi connectivity index (χ3v) is 9.41. The number of nitrogens with zero attached hydrogens (tertiary/aromatic N) is 1. The van der Waals surface area contributed by atoms with Gasteiger partial charge in [0.15, 0.2) is 6.61 Å². The maximum Gasteiger partial charge on any atom is 0.341 e. The minimum atomic E-state index is -0.605. The monoisotopic (exact) mass is 584 g/mol. The Bertz CT molecular complexity index is 1750. The summed E-state index contributed by atoms with van der Waals surface area (Å²) in [6.07, 6.45) is 4.80. The highest BCUT2D eigenvalue weighted by molar-refractivity contribution is 7.21. The molecule has 0 aliphatic heterocycles. The van der Waals surface area contributed by atoms with Crippen LogP contribution in [-0.4, -0.2) is 36.0 Å². The Balaban J connectivity index is 1.24. The third kappa shape index (κ3) is 5.47. The van der Waals surface area contributed by atoms with Crippen molar-refractivity contribution < 1.29 is 23.9 Å². The molecule has 0 fully saturated rings. The van der Waals surface area contributed by atoms with Gasteiger partial charge >= 0.3 is 11.9 Å². The lowest BCUT2D eigenvalue weighted by Gasteiger charge is -2.11. The van der Waals surface area contributed by atoms with Crippen LogP contribution < -0.4 is 5.32 Å². The van der Waals surface area contributed by atoms with Crippen molar-refractivity contribution in [2.45, 2.75) is 39.0 Å². The zero-order chi connectivity index (χ0) is 28.3. The number of carbonyl (C=O) groups is 3. The number of nitrogens with one attached hydrogen (secondary N) is 1. The lowest BCUT2D eigenvalue weighted by Crippen LogP contribution is -2.22. The summed E-state index contributed by atoms with van der Waals surface area (Å²) in [4.78, 5) is 45.0. The molecule has 1 aliphatic carbocycles. The van der Waals surface area contributed by atoms with Crippen LogP contribution in [0.2, 0.25) is 0 Å². The van der Waals surface area contributed by atoms with Gasteiger partial charge in [0.25, 0.3) is 5.91 Å². The standard InChI is InChI=1S/C32H28N2O5S2/c1-2-38-32(37)28-20-12-4-3-5-16-24(20)40-30(28)34-26(35)18-39-31(36)22-14-9-11-19-10-8-13-21(27(19)22)29-33-23-15-6-7-17-25(23)41-29/h6-11,13-15,17H,2-5,12,16,18H2,1H3,(H,34,35). The van der Waals surface area contributed by atoms with Crippen LogP contribution in [0.15, 0.2) is 60.7 Å². The van der Waals surface area contributed by atoms with Gasteiger partial charge in [-0.1, -0.05) is 48.9 Å². The van der Waals surface area contributed by atoms with E-state index >= 15 is 0 Å². The molecule has 0 atom stereocenters. The molecule has 6 rings (SSSR count). The second kappa shape index (κ2) is 11.8. The van der Waals surface area contributed by atoms with E-state index in [1.165, 1.54) is 11.3 Å². The number of aromatic nitrogens is 1. The second-order valence-electron chi connectivity index (χ2n) is 9.81. The number of thiophene rings is 1. The summed E-state index contributed by atoms with van der Waals surface area (Å²) in [5, 5.41) is 5.68. The lowest BCUT2D eigenvalue weighted by atomic mass is 9.99. The van der Waals surface area contributed by atoms with Gasteiger partial charge in [-0.25, -0.2) is 14.6 Å². The number of anilines is 1. The molecule has 0 radical (unpaired) electrons. The van der Waals surface area contributed by atoms with E-state index in [0.29, 0.717) is 16.1 Å². The number of ether oxygens (including phenoxy) is 2. The van der Waals surface area contributed by atoms with Crippen molar-refractivity contribution in [1.29, 1.82) is 0 Å². The fourth-order valence-corrected chi connectivity index (χ4v) is 7.59. The zero-order valence-electron chi connectivity index (χ0n) is 22.5. The van der Waals surface area contributed by atoms with E-state index in [2.05, 4.69) is 5.32 Å². The highest BCUT2D eigenvalue weighted by atomic mass is 32.1. The average molecular weight is 585 g/mol. The minimum Gasteiger partial charge on any atom is -0.462 e. The maximum absolute atomic E-state index is 13.3. The number of hydrogen-bond acceptors (Lipinski definition) is 8. The molecule has 1 aliphatic rings. The van der Waals surface area contributed by atoms with Gasteiger partial charge in [-0.3, -0.25) is 4.79 Å². The van der Waals surface area contributed by atoms with Crippen molar-refractivity contribution in [3.05, 3.63) is 82.2 Å². The topological polar surface area (TPSA) is 94.6 Å². The fourth-order valence-electron chi connectivity index (χ4n) is 5.30. The number of esters is 2.